The third-order valence-corrected chi connectivity index (χ3v) is 8.60. The van der Waals surface area contributed by atoms with Gasteiger partial charge in [-0.2, -0.15) is 0 Å². The molecule has 5 bridgehead atoms. The van der Waals surface area contributed by atoms with Crippen molar-refractivity contribution in [3.05, 3.63) is 35.1 Å². The first kappa shape index (κ1) is 29.7. The summed E-state index contributed by atoms with van der Waals surface area (Å²) < 4.78 is 30.8. The Hall–Kier alpha value is -2.31. The zero-order chi connectivity index (χ0) is 28.6. The summed E-state index contributed by atoms with van der Waals surface area (Å²) in [6, 6.07) is 3.95. The maximum atomic E-state index is 13.6. The molecule has 2 aromatic rings. The lowest BCUT2D eigenvalue weighted by atomic mass is 9.84. The molecule has 4 rings (SSSR count). The lowest BCUT2D eigenvalue weighted by molar-refractivity contribution is -0.326. The maximum Gasteiger partial charge on any atom is 0.316 e. The molecule has 3 heterocycles. The average molecular weight is 541 g/mol. The normalized spacial score (nSPS) is 33.9. The molecule has 0 aliphatic carbocycles. The Kier molecular flexibility index (Phi) is 8.87. The number of hydrogen-bond donors (Lipinski definition) is 0. The van der Waals surface area contributed by atoms with E-state index in [0.717, 1.165) is 48.0 Å². The fraction of sp³-hybridized carbons (Fsp3) is 0.667. The number of furan rings is 1. The molecule has 0 N–H and O–H groups in total. The van der Waals surface area contributed by atoms with E-state index in [1.54, 1.807) is 7.11 Å². The van der Waals surface area contributed by atoms with Crippen molar-refractivity contribution in [3.8, 4) is 11.5 Å². The van der Waals surface area contributed by atoms with E-state index in [4.69, 9.17) is 23.4 Å². The van der Waals surface area contributed by atoms with E-state index in [0.29, 0.717) is 23.3 Å². The lowest BCUT2D eigenvalue weighted by Crippen LogP contribution is -2.53. The number of carbonyl (C=O) groups excluding carboxylic acids is 1. The number of aryl methyl sites for hydroxylation is 1. The minimum absolute atomic E-state index is 0.00647. The molecule has 0 saturated carbocycles. The fourth-order valence-electron chi connectivity index (χ4n) is 6.67. The van der Waals surface area contributed by atoms with Crippen molar-refractivity contribution in [3.63, 3.8) is 0 Å². The summed E-state index contributed by atoms with van der Waals surface area (Å²) in [6.45, 7) is 18.9. The van der Waals surface area contributed by atoms with Gasteiger partial charge in [-0.25, -0.2) is 0 Å². The largest absolute Gasteiger partial charge is 0.492 e. The second-order valence-corrected chi connectivity index (χ2v) is 12.8. The second kappa shape index (κ2) is 11.7. The molecule has 7 atom stereocenters. The van der Waals surface area contributed by atoms with E-state index in [1.165, 1.54) is 5.57 Å². The van der Waals surface area contributed by atoms with Gasteiger partial charge in [-0.05, 0) is 84.3 Å². The number of rotatable bonds is 1. The van der Waals surface area contributed by atoms with Crippen molar-refractivity contribution >= 4 is 16.9 Å². The minimum atomic E-state index is -0.783. The monoisotopic (exact) mass is 540 g/mol. The van der Waals surface area contributed by atoms with Crippen LogP contribution in [0.4, 0.5) is 0 Å². The number of methoxy groups -OCH3 is 1. The summed E-state index contributed by atoms with van der Waals surface area (Å²) in [6.07, 6.45) is 6.11. The van der Waals surface area contributed by atoms with Gasteiger partial charge in [0.25, 0.3) is 0 Å². The van der Waals surface area contributed by atoms with Crippen molar-refractivity contribution in [2.24, 2.45) is 23.7 Å². The third-order valence-electron chi connectivity index (χ3n) is 8.60. The van der Waals surface area contributed by atoms with Crippen LogP contribution in [0.15, 0.2) is 28.2 Å². The molecule has 1 aromatic heterocycles. The van der Waals surface area contributed by atoms with Crippen LogP contribution in [0.25, 0.3) is 11.0 Å². The summed E-state index contributed by atoms with van der Waals surface area (Å²) >= 11 is 0. The van der Waals surface area contributed by atoms with E-state index in [1.807, 2.05) is 33.8 Å². The molecule has 0 amide bonds. The third kappa shape index (κ3) is 6.54. The van der Waals surface area contributed by atoms with Crippen LogP contribution in [-0.4, -0.2) is 31.1 Å². The minimum Gasteiger partial charge on any atom is -0.492 e. The Morgan fingerprint density at radius 3 is 2.41 bits per heavy atom. The Labute approximate surface area is 234 Å². The number of esters is 1. The van der Waals surface area contributed by atoms with Crippen LogP contribution in [0.5, 0.6) is 11.5 Å². The zero-order valence-corrected chi connectivity index (χ0v) is 25.6. The second-order valence-electron chi connectivity index (χ2n) is 12.8. The highest BCUT2D eigenvalue weighted by atomic mass is 16.7. The summed E-state index contributed by atoms with van der Waals surface area (Å²) in [5, 5.41) is 0.912. The van der Waals surface area contributed by atoms with Crippen LogP contribution in [0.2, 0.25) is 0 Å². The van der Waals surface area contributed by atoms with Gasteiger partial charge in [-0.3, -0.25) is 4.79 Å². The number of benzene rings is 1. The highest BCUT2D eigenvalue weighted by molar-refractivity contribution is 5.87. The Balaban J connectivity index is 1.75. The first-order valence-electron chi connectivity index (χ1n) is 14.6. The number of ether oxygens (including phenoxy) is 4. The molecule has 2 aliphatic rings. The van der Waals surface area contributed by atoms with E-state index >= 15 is 0 Å². The molecule has 6 nitrogen and oxygen atoms in total. The van der Waals surface area contributed by atoms with Gasteiger partial charge >= 0.3 is 5.97 Å². The maximum absolute atomic E-state index is 13.6. The molecule has 2 aliphatic heterocycles. The molecule has 0 radical (unpaired) electrons. The number of allylic oxidation sites excluding steroid dienone is 2. The SMILES string of the molecule is COc1c2cc3cc(oc3c1C)[C@@H](C)C[C@H](C)C/C(C)=C/[C@@H](C)CC[C@H]1OC(C)(C)O[C@@H]([C@H]1C)[C@@H](C)C(=O)O2. The van der Waals surface area contributed by atoms with E-state index in [-0.39, 0.29) is 30.0 Å². The van der Waals surface area contributed by atoms with Crippen LogP contribution in [0, 0.1) is 30.6 Å². The number of carbonyl (C=O) groups is 1. The smallest absolute Gasteiger partial charge is 0.316 e. The van der Waals surface area contributed by atoms with Crippen LogP contribution >= 0.6 is 0 Å². The highest BCUT2D eigenvalue weighted by Gasteiger charge is 2.45. The zero-order valence-electron chi connectivity index (χ0n) is 25.6. The van der Waals surface area contributed by atoms with Crippen molar-refractivity contribution in [2.45, 2.75) is 112 Å². The Bertz CT molecular complexity index is 1210. The molecule has 39 heavy (non-hydrogen) atoms. The molecule has 1 aromatic carbocycles. The lowest BCUT2D eigenvalue weighted by Gasteiger charge is -2.46. The van der Waals surface area contributed by atoms with Gasteiger partial charge in [0.2, 0.25) is 0 Å². The molecule has 0 unspecified atom stereocenters. The van der Waals surface area contributed by atoms with Crippen LogP contribution in [0.3, 0.4) is 0 Å². The molecule has 1 fully saturated rings. The quantitative estimate of drug-likeness (QED) is 0.206. The number of fused-ring (bicyclic) bond motifs is 4. The predicted molar refractivity (Wildman–Crippen MR) is 154 cm³/mol. The molecular formula is C33H48O6. The van der Waals surface area contributed by atoms with Crippen molar-refractivity contribution < 1.29 is 28.2 Å². The van der Waals surface area contributed by atoms with Crippen LogP contribution < -0.4 is 9.47 Å². The van der Waals surface area contributed by atoms with Crippen LogP contribution in [-0.2, 0) is 14.3 Å². The van der Waals surface area contributed by atoms with Gasteiger partial charge < -0.3 is 23.4 Å². The molecule has 6 heteroatoms. The molecule has 1 saturated heterocycles. The molecule has 0 spiro atoms. The van der Waals surface area contributed by atoms with E-state index in [2.05, 4.69) is 46.8 Å². The van der Waals surface area contributed by atoms with Crippen molar-refractivity contribution in [2.75, 3.05) is 7.11 Å². The van der Waals surface area contributed by atoms with Crippen molar-refractivity contribution in [1.82, 2.24) is 0 Å². The summed E-state index contributed by atoms with van der Waals surface area (Å²) in [4.78, 5) is 13.6. The molecule has 216 valence electrons. The van der Waals surface area contributed by atoms with Gasteiger partial charge in [-0.15, -0.1) is 0 Å². The van der Waals surface area contributed by atoms with Gasteiger partial charge in [0, 0.05) is 22.8 Å². The van der Waals surface area contributed by atoms with Gasteiger partial charge in [0.15, 0.2) is 17.3 Å². The molecular weight excluding hydrogens is 492 g/mol. The van der Waals surface area contributed by atoms with Crippen molar-refractivity contribution in [1.29, 1.82) is 0 Å². The first-order valence-corrected chi connectivity index (χ1v) is 14.6. The van der Waals surface area contributed by atoms with Crippen LogP contribution in [0.1, 0.15) is 98.3 Å². The predicted octanol–water partition coefficient (Wildman–Crippen LogP) is 8.34. The van der Waals surface area contributed by atoms with Gasteiger partial charge in [-0.1, -0.05) is 39.3 Å². The standard InChI is InChI=1S/C33H48O6/c1-18-11-12-26-22(5)29(39-33(8,9)38-26)24(7)32(34)37-28-17-25-16-27(36-30(25)23(6)31(28)35-10)21(4)15-20(3)14-19(2)13-18/h13,16-18,20-22,24,26,29H,11-12,14-15H2,1-10H3/b19-13+/t18-,20+,21-,22-,24+,26+,29-/m0/s1. The summed E-state index contributed by atoms with van der Waals surface area (Å²) in [5.41, 5.74) is 3.03. The summed E-state index contributed by atoms with van der Waals surface area (Å²) in [7, 11) is 1.60. The van der Waals surface area contributed by atoms with E-state index < -0.39 is 11.7 Å². The number of hydrogen-bond acceptors (Lipinski definition) is 6. The first-order chi connectivity index (χ1) is 18.3. The Morgan fingerprint density at radius 1 is 1.00 bits per heavy atom. The topological polar surface area (TPSA) is 67.1 Å². The van der Waals surface area contributed by atoms with E-state index in [9.17, 15) is 4.79 Å². The highest BCUT2D eigenvalue weighted by Crippen LogP contribution is 2.42. The fourth-order valence-corrected chi connectivity index (χ4v) is 6.67. The Morgan fingerprint density at radius 2 is 1.72 bits per heavy atom. The summed E-state index contributed by atoms with van der Waals surface area (Å²) in [5.74, 6) is 1.53. The van der Waals surface area contributed by atoms with Gasteiger partial charge in [0.1, 0.15) is 11.3 Å². The van der Waals surface area contributed by atoms with Gasteiger partial charge in [0.05, 0.1) is 25.2 Å². The average Bonchev–Trinajstić information content (AvgIpc) is 3.28.